The van der Waals surface area contributed by atoms with Crippen LogP contribution in [0.2, 0.25) is 0 Å². The van der Waals surface area contributed by atoms with Crippen molar-refractivity contribution in [2.24, 2.45) is 5.92 Å². The summed E-state index contributed by atoms with van der Waals surface area (Å²) in [6, 6.07) is 16.5. The first-order valence-corrected chi connectivity index (χ1v) is 14.1. The highest BCUT2D eigenvalue weighted by Gasteiger charge is 2.29. The normalized spacial score (nSPS) is 14.7. The van der Waals surface area contributed by atoms with Crippen LogP contribution in [0.25, 0.3) is 16.7 Å². The number of nitrogens with zero attached hydrogens (tertiary/aromatic N) is 6. The number of aromatic nitrogens is 4. The van der Waals surface area contributed by atoms with Crippen molar-refractivity contribution in [2.45, 2.75) is 52.9 Å². The number of halogens is 1. The Morgan fingerprint density at radius 1 is 0.974 bits per heavy atom. The Kier molecular flexibility index (Phi) is 8.19. The molecular formula is C31H37FN6O. The summed E-state index contributed by atoms with van der Waals surface area (Å²) in [6.45, 7) is 9.00. The van der Waals surface area contributed by atoms with Crippen LogP contribution in [0, 0.1) is 18.7 Å². The van der Waals surface area contributed by atoms with E-state index in [4.69, 9.17) is 15.1 Å². The van der Waals surface area contributed by atoms with Gasteiger partial charge in [0.2, 0.25) is 5.91 Å². The first-order chi connectivity index (χ1) is 19.0. The number of carbonyl (C=O) groups excluding carboxylic acids is 1. The summed E-state index contributed by atoms with van der Waals surface area (Å²) in [6.07, 6.45) is 4.63. The highest BCUT2D eigenvalue weighted by Crippen LogP contribution is 2.30. The maximum absolute atomic E-state index is 13.7. The molecule has 0 N–H and O–H groups in total. The van der Waals surface area contributed by atoms with E-state index in [-0.39, 0.29) is 17.6 Å². The second-order valence-corrected chi connectivity index (χ2v) is 10.4. The highest BCUT2D eigenvalue weighted by atomic mass is 19.1. The molecule has 4 aromatic rings. The van der Waals surface area contributed by atoms with Crippen LogP contribution < -0.4 is 4.90 Å². The van der Waals surface area contributed by atoms with Crippen LogP contribution in [-0.4, -0.2) is 56.7 Å². The zero-order chi connectivity index (χ0) is 27.4. The summed E-state index contributed by atoms with van der Waals surface area (Å²) in [5.74, 6) is 1.65. The molecule has 0 unspecified atom stereocenters. The van der Waals surface area contributed by atoms with Crippen molar-refractivity contribution in [3.8, 4) is 5.69 Å². The number of unbranched alkanes of at least 4 members (excludes halogenated alkanes) is 1. The molecule has 1 amide bonds. The van der Waals surface area contributed by atoms with E-state index in [2.05, 4.69) is 30.9 Å². The van der Waals surface area contributed by atoms with Crippen molar-refractivity contribution >= 4 is 22.8 Å². The van der Waals surface area contributed by atoms with E-state index in [0.29, 0.717) is 44.1 Å². The fourth-order valence-electron chi connectivity index (χ4n) is 5.40. The Morgan fingerprint density at radius 3 is 2.36 bits per heavy atom. The van der Waals surface area contributed by atoms with Crippen molar-refractivity contribution in [3.05, 3.63) is 77.5 Å². The molecule has 1 aliphatic rings. The van der Waals surface area contributed by atoms with Gasteiger partial charge in [-0.15, -0.1) is 0 Å². The smallest absolute Gasteiger partial charge is 0.225 e. The van der Waals surface area contributed by atoms with Gasteiger partial charge in [-0.05, 0) is 49.6 Å². The van der Waals surface area contributed by atoms with Gasteiger partial charge in [-0.25, -0.2) is 19.0 Å². The number of piperazine rings is 1. The molecule has 5 rings (SSSR count). The fourth-order valence-corrected chi connectivity index (χ4v) is 5.40. The fraction of sp³-hybridized carbons (Fsp3) is 0.419. The minimum absolute atomic E-state index is 0.107. The minimum atomic E-state index is -0.292. The second kappa shape index (κ2) is 11.9. The zero-order valence-corrected chi connectivity index (χ0v) is 23.1. The van der Waals surface area contributed by atoms with E-state index < -0.39 is 0 Å². The third kappa shape index (κ3) is 5.79. The Bertz CT molecular complexity index is 1410. The van der Waals surface area contributed by atoms with Crippen LogP contribution in [0.15, 0.2) is 54.6 Å². The zero-order valence-electron chi connectivity index (χ0n) is 23.1. The van der Waals surface area contributed by atoms with Gasteiger partial charge in [-0.1, -0.05) is 57.0 Å². The van der Waals surface area contributed by atoms with Gasteiger partial charge in [0.25, 0.3) is 0 Å². The third-order valence-corrected chi connectivity index (χ3v) is 7.64. The molecular weight excluding hydrogens is 491 g/mol. The number of aryl methyl sites for hydroxylation is 1. The predicted octanol–water partition coefficient (Wildman–Crippen LogP) is 5.72. The van der Waals surface area contributed by atoms with Gasteiger partial charge in [0.1, 0.15) is 17.5 Å². The Labute approximate surface area is 229 Å². The maximum Gasteiger partial charge on any atom is 0.225 e. The Hall–Kier alpha value is -3.81. The number of fused-ring (bicyclic) bond motifs is 1. The molecule has 1 atom stereocenters. The van der Waals surface area contributed by atoms with Gasteiger partial charge in [-0.3, -0.25) is 4.79 Å². The molecule has 0 saturated carbocycles. The Balaban J connectivity index is 1.48. The molecule has 0 aliphatic carbocycles. The number of rotatable bonds is 9. The standard InChI is InChI=1S/C31H37FN6O/c1-4-6-12-24(5-2)31(39)37-19-17-36(18-20-37)29-28-22(3)35-38(26-15-13-25(32)14-16-26)30(28)34-27(33-29)21-23-10-8-7-9-11-23/h7-11,13-16,24H,4-6,12,17-21H2,1-3H3/t24-/m0/s1. The maximum atomic E-state index is 13.7. The van der Waals surface area contributed by atoms with Crippen LogP contribution in [0.5, 0.6) is 0 Å². The molecule has 204 valence electrons. The van der Waals surface area contributed by atoms with E-state index in [1.54, 1.807) is 16.8 Å². The molecule has 39 heavy (non-hydrogen) atoms. The molecule has 2 aromatic heterocycles. The molecule has 8 heteroatoms. The average molecular weight is 529 g/mol. The molecule has 0 bridgehead atoms. The van der Waals surface area contributed by atoms with E-state index in [0.717, 1.165) is 53.8 Å². The summed E-state index contributed by atoms with van der Waals surface area (Å²) < 4.78 is 15.4. The number of benzene rings is 2. The molecule has 1 saturated heterocycles. The number of hydrogen-bond acceptors (Lipinski definition) is 5. The van der Waals surface area contributed by atoms with Crippen molar-refractivity contribution in [1.29, 1.82) is 0 Å². The number of hydrogen-bond donors (Lipinski definition) is 0. The summed E-state index contributed by atoms with van der Waals surface area (Å²) >= 11 is 0. The van der Waals surface area contributed by atoms with E-state index in [1.165, 1.54) is 12.1 Å². The monoisotopic (exact) mass is 528 g/mol. The summed E-state index contributed by atoms with van der Waals surface area (Å²) in [5.41, 5.74) is 3.40. The average Bonchev–Trinajstić information content (AvgIpc) is 3.30. The van der Waals surface area contributed by atoms with Gasteiger partial charge in [0.05, 0.1) is 16.8 Å². The van der Waals surface area contributed by atoms with Crippen LogP contribution in [-0.2, 0) is 11.2 Å². The molecule has 2 aromatic carbocycles. The molecule has 1 aliphatic heterocycles. The lowest BCUT2D eigenvalue weighted by atomic mass is 9.97. The number of amides is 1. The van der Waals surface area contributed by atoms with E-state index in [9.17, 15) is 9.18 Å². The summed E-state index contributed by atoms with van der Waals surface area (Å²) in [4.78, 5) is 27.5. The van der Waals surface area contributed by atoms with E-state index in [1.807, 2.05) is 30.0 Å². The molecule has 0 radical (unpaired) electrons. The van der Waals surface area contributed by atoms with Crippen LogP contribution in [0.1, 0.15) is 56.6 Å². The number of carbonyl (C=O) groups is 1. The van der Waals surface area contributed by atoms with Gasteiger partial charge >= 0.3 is 0 Å². The summed E-state index contributed by atoms with van der Waals surface area (Å²) in [7, 11) is 0. The second-order valence-electron chi connectivity index (χ2n) is 10.4. The van der Waals surface area contributed by atoms with Crippen LogP contribution in [0.4, 0.5) is 10.2 Å². The Morgan fingerprint density at radius 2 is 1.69 bits per heavy atom. The van der Waals surface area contributed by atoms with Crippen molar-refractivity contribution < 1.29 is 9.18 Å². The lowest BCUT2D eigenvalue weighted by Gasteiger charge is -2.37. The third-order valence-electron chi connectivity index (χ3n) is 7.64. The van der Waals surface area contributed by atoms with Crippen molar-refractivity contribution in [3.63, 3.8) is 0 Å². The predicted molar refractivity (Wildman–Crippen MR) is 153 cm³/mol. The first kappa shape index (κ1) is 26.8. The van der Waals surface area contributed by atoms with Gasteiger partial charge < -0.3 is 9.80 Å². The number of anilines is 1. The van der Waals surface area contributed by atoms with Gasteiger partial charge in [-0.2, -0.15) is 5.10 Å². The van der Waals surface area contributed by atoms with Crippen molar-refractivity contribution in [2.75, 3.05) is 31.1 Å². The van der Waals surface area contributed by atoms with Crippen LogP contribution >= 0.6 is 0 Å². The molecule has 3 heterocycles. The molecule has 1 fully saturated rings. The topological polar surface area (TPSA) is 67.2 Å². The largest absolute Gasteiger partial charge is 0.352 e. The van der Waals surface area contributed by atoms with Crippen LogP contribution in [0.3, 0.4) is 0 Å². The summed E-state index contributed by atoms with van der Waals surface area (Å²) in [5, 5.41) is 5.69. The first-order valence-electron chi connectivity index (χ1n) is 14.1. The molecule has 0 spiro atoms. The SMILES string of the molecule is CCCC[C@H](CC)C(=O)N1CCN(c2nc(Cc3ccccc3)nc3c2c(C)nn3-c2ccc(F)cc2)CC1. The quantitative estimate of drug-likeness (QED) is 0.278. The van der Waals surface area contributed by atoms with Gasteiger partial charge in [0, 0.05) is 38.5 Å². The minimum Gasteiger partial charge on any atom is -0.352 e. The highest BCUT2D eigenvalue weighted by molar-refractivity contribution is 5.91. The van der Waals surface area contributed by atoms with Gasteiger partial charge in [0.15, 0.2) is 5.65 Å². The van der Waals surface area contributed by atoms with Crippen molar-refractivity contribution in [1.82, 2.24) is 24.6 Å². The van der Waals surface area contributed by atoms with E-state index >= 15 is 0 Å². The lowest BCUT2D eigenvalue weighted by molar-refractivity contribution is -0.136. The molecule has 7 nitrogen and oxygen atoms in total. The lowest BCUT2D eigenvalue weighted by Crippen LogP contribution is -2.50.